The number of likely N-dealkylation sites (N-methyl/N-ethyl adjacent to an activating group) is 1. The van der Waals surface area contributed by atoms with Gasteiger partial charge in [-0.05, 0) is 50.7 Å². The molecular formula is C15H27N3O2. The van der Waals surface area contributed by atoms with Crippen molar-refractivity contribution in [1.82, 2.24) is 9.80 Å². The van der Waals surface area contributed by atoms with E-state index >= 15 is 0 Å². The zero-order valence-electron chi connectivity index (χ0n) is 12.6. The predicted molar refractivity (Wildman–Crippen MR) is 77.2 cm³/mol. The number of carbonyl (C=O) groups excluding carboxylic acids is 1. The molecule has 0 aromatic heterocycles. The monoisotopic (exact) mass is 281 g/mol. The van der Waals surface area contributed by atoms with E-state index in [9.17, 15) is 4.79 Å². The van der Waals surface area contributed by atoms with Crippen molar-refractivity contribution in [1.29, 1.82) is 0 Å². The molecular weight excluding hydrogens is 254 g/mol. The minimum absolute atomic E-state index is 0.277. The van der Waals surface area contributed by atoms with Crippen molar-refractivity contribution in [3.05, 3.63) is 0 Å². The SMILES string of the molecule is CCN1CC2C3CCN(CC3)C2C1CC(N)C(=O)OC. The summed E-state index contributed by atoms with van der Waals surface area (Å²) in [6.07, 6.45) is 3.44. The molecule has 0 amide bonds. The van der Waals surface area contributed by atoms with E-state index in [1.165, 1.54) is 39.6 Å². The van der Waals surface area contributed by atoms with Crippen LogP contribution in [0.2, 0.25) is 0 Å². The van der Waals surface area contributed by atoms with Gasteiger partial charge in [-0.2, -0.15) is 0 Å². The molecule has 4 aliphatic heterocycles. The summed E-state index contributed by atoms with van der Waals surface area (Å²) in [4.78, 5) is 16.8. The number of piperidine rings is 3. The molecule has 2 bridgehead atoms. The zero-order valence-corrected chi connectivity index (χ0v) is 12.6. The number of ether oxygens (including phenoxy) is 1. The summed E-state index contributed by atoms with van der Waals surface area (Å²) in [6, 6.07) is 0.541. The molecule has 5 nitrogen and oxygen atoms in total. The van der Waals surface area contributed by atoms with Crippen molar-refractivity contribution < 1.29 is 9.53 Å². The summed E-state index contributed by atoms with van der Waals surface area (Å²) >= 11 is 0. The number of nitrogens with zero attached hydrogens (tertiary/aromatic N) is 2. The van der Waals surface area contributed by atoms with Gasteiger partial charge in [-0.15, -0.1) is 0 Å². The van der Waals surface area contributed by atoms with E-state index in [1.54, 1.807) is 0 Å². The number of rotatable bonds is 4. The fourth-order valence-electron chi connectivity index (χ4n) is 4.76. The smallest absolute Gasteiger partial charge is 0.322 e. The van der Waals surface area contributed by atoms with Gasteiger partial charge in [0.25, 0.3) is 0 Å². The topological polar surface area (TPSA) is 58.8 Å². The van der Waals surface area contributed by atoms with E-state index in [4.69, 9.17) is 10.5 Å². The molecule has 20 heavy (non-hydrogen) atoms. The Morgan fingerprint density at radius 2 is 2.10 bits per heavy atom. The van der Waals surface area contributed by atoms with Gasteiger partial charge in [0.1, 0.15) is 6.04 Å². The second-order valence-electron chi connectivity index (χ2n) is 6.55. The third-order valence-electron chi connectivity index (χ3n) is 5.75. The summed E-state index contributed by atoms with van der Waals surface area (Å²) in [5.41, 5.74) is 6.02. The fraction of sp³-hybridized carbons (Fsp3) is 0.933. The number of carbonyl (C=O) groups is 1. The Hall–Kier alpha value is -0.650. The Morgan fingerprint density at radius 3 is 2.70 bits per heavy atom. The van der Waals surface area contributed by atoms with Gasteiger partial charge in [0.2, 0.25) is 0 Å². The average Bonchev–Trinajstić information content (AvgIpc) is 2.88. The lowest BCUT2D eigenvalue weighted by Crippen LogP contribution is -2.58. The van der Waals surface area contributed by atoms with E-state index in [2.05, 4.69) is 16.7 Å². The van der Waals surface area contributed by atoms with E-state index in [1.807, 2.05) is 0 Å². The quantitative estimate of drug-likeness (QED) is 0.751. The van der Waals surface area contributed by atoms with Gasteiger partial charge in [-0.25, -0.2) is 0 Å². The van der Waals surface area contributed by atoms with Crippen molar-refractivity contribution >= 4 is 5.97 Å². The van der Waals surface area contributed by atoms with Crippen LogP contribution < -0.4 is 5.73 Å². The molecule has 114 valence electrons. The summed E-state index contributed by atoms with van der Waals surface area (Å²) in [7, 11) is 1.42. The Balaban J connectivity index is 1.75. The third-order valence-corrected chi connectivity index (χ3v) is 5.75. The lowest BCUT2D eigenvalue weighted by atomic mass is 9.73. The summed E-state index contributed by atoms with van der Waals surface area (Å²) in [6.45, 7) is 6.90. The minimum Gasteiger partial charge on any atom is -0.468 e. The number of likely N-dealkylation sites (tertiary alicyclic amines) is 1. The van der Waals surface area contributed by atoms with Gasteiger partial charge in [0, 0.05) is 18.6 Å². The van der Waals surface area contributed by atoms with E-state index < -0.39 is 6.04 Å². The van der Waals surface area contributed by atoms with Crippen LogP contribution in [0.5, 0.6) is 0 Å². The van der Waals surface area contributed by atoms with Gasteiger partial charge in [-0.3, -0.25) is 14.6 Å². The fourth-order valence-corrected chi connectivity index (χ4v) is 4.76. The molecule has 4 rings (SSSR count). The van der Waals surface area contributed by atoms with Crippen LogP contribution in [0.25, 0.3) is 0 Å². The number of hydrogen-bond donors (Lipinski definition) is 1. The number of fused-ring (bicyclic) bond motifs is 2. The largest absolute Gasteiger partial charge is 0.468 e. The highest BCUT2D eigenvalue weighted by molar-refractivity contribution is 5.75. The molecule has 0 aliphatic carbocycles. The first-order valence-corrected chi connectivity index (χ1v) is 7.97. The minimum atomic E-state index is -0.487. The van der Waals surface area contributed by atoms with Gasteiger partial charge in [0.15, 0.2) is 0 Å². The first-order valence-electron chi connectivity index (χ1n) is 7.97. The standard InChI is InChI=1S/C15H27N3O2/c1-3-17-9-11-10-4-6-18(7-5-10)14(11)13(17)8-12(16)15(19)20-2/h10-14H,3-9,16H2,1-2H3. The number of methoxy groups -OCH3 is 1. The van der Waals surface area contributed by atoms with Crippen molar-refractivity contribution in [3.63, 3.8) is 0 Å². The highest BCUT2D eigenvalue weighted by atomic mass is 16.5. The van der Waals surface area contributed by atoms with Crippen LogP contribution in [0.3, 0.4) is 0 Å². The van der Waals surface area contributed by atoms with Gasteiger partial charge < -0.3 is 10.5 Å². The maximum Gasteiger partial charge on any atom is 0.322 e. The van der Waals surface area contributed by atoms with Gasteiger partial charge in [-0.1, -0.05) is 6.92 Å². The van der Waals surface area contributed by atoms with E-state index in [-0.39, 0.29) is 5.97 Å². The summed E-state index contributed by atoms with van der Waals surface area (Å²) in [5, 5.41) is 0. The molecule has 4 fully saturated rings. The van der Waals surface area contributed by atoms with Crippen LogP contribution in [0.4, 0.5) is 0 Å². The Morgan fingerprint density at radius 1 is 1.40 bits per heavy atom. The normalized spacial score (nSPS) is 41.5. The van der Waals surface area contributed by atoms with Crippen molar-refractivity contribution in [2.45, 2.75) is 44.3 Å². The Kier molecular flexibility index (Phi) is 4.02. The predicted octanol–water partition coefficient (Wildman–Crippen LogP) is 0.291. The number of esters is 1. The molecule has 4 heterocycles. The van der Waals surface area contributed by atoms with Crippen LogP contribution >= 0.6 is 0 Å². The van der Waals surface area contributed by atoms with Crippen LogP contribution in [0.1, 0.15) is 26.2 Å². The lowest BCUT2D eigenvalue weighted by molar-refractivity contribution is -0.142. The van der Waals surface area contributed by atoms with Crippen molar-refractivity contribution in [2.75, 3.05) is 33.3 Å². The average molecular weight is 281 g/mol. The zero-order chi connectivity index (χ0) is 14.3. The first-order chi connectivity index (χ1) is 9.65. The molecule has 4 aliphatic rings. The number of nitrogens with two attached hydrogens (primary N) is 1. The second-order valence-corrected chi connectivity index (χ2v) is 6.55. The van der Waals surface area contributed by atoms with Crippen molar-refractivity contribution in [3.8, 4) is 0 Å². The number of hydrogen-bond acceptors (Lipinski definition) is 5. The first kappa shape index (κ1) is 14.3. The third kappa shape index (κ3) is 2.26. The molecule has 0 saturated carbocycles. The van der Waals surface area contributed by atoms with E-state index in [0.717, 1.165) is 24.8 Å². The van der Waals surface area contributed by atoms with Crippen LogP contribution in [-0.4, -0.2) is 67.2 Å². The Bertz CT molecular complexity index is 368. The summed E-state index contributed by atoms with van der Waals surface area (Å²) < 4.78 is 4.79. The maximum atomic E-state index is 11.6. The van der Waals surface area contributed by atoms with E-state index in [0.29, 0.717) is 12.1 Å². The molecule has 0 aromatic carbocycles. The molecule has 4 unspecified atom stereocenters. The Labute approximate surface area is 121 Å². The molecule has 2 N–H and O–H groups in total. The van der Waals surface area contributed by atoms with Gasteiger partial charge >= 0.3 is 5.97 Å². The van der Waals surface area contributed by atoms with Crippen LogP contribution in [0, 0.1) is 11.8 Å². The van der Waals surface area contributed by atoms with Gasteiger partial charge in [0.05, 0.1) is 7.11 Å². The van der Waals surface area contributed by atoms with Crippen LogP contribution in [-0.2, 0) is 9.53 Å². The molecule has 4 saturated heterocycles. The molecule has 4 atom stereocenters. The second kappa shape index (κ2) is 5.62. The maximum absolute atomic E-state index is 11.6. The van der Waals surface area contributed by atoms with Crippen LogP contribution in [0.15, 0.2) is 0 Å². The molecule has 0 radical (unpaired) electrons. The highest BCUT2D eigenvalue weighted by Crippen LogP contribution is 2.44. The van der Waals surface area contributed by atoms with Crippen molar-refractivity contribution in [2.24, 2.45) is 17.6 Å². The lowest BCUT2D eigenvalue weighted by Gasteiger charge is -2.49. The molecule has 0 aromatic rings. The molecule has 0 spiro atoms. The highest BCUT2D eigenvalue weighted by Gasteiger charge is 2.52. The molecule has 5 heteroatoms. The summed E-state index contributed by atoms with van der Waals surface area (Å²) in [5.74, 6) is 1.39.